The number of nitrogens with zero attached hydrogens (tertiary/aromatic N) is 3. The normalized spacial score (nSPS) is 10.7. The number of aromatic nitrogens is 3. The first-order valence-corrected chi connectivity index (χ1v) is 10.6. The molecule has 0 aliphatic carbocycles. The predicted octanol–water partition coefficient (Wildman–Crippen LogP) is 4.33. The summed E-state index contributed by atoms with van der Waals surface area (Å²) in [5, 5.41) is 12.3. The van der Waals surface area contributed by atoms with Gasteiger partial charge in [-0.05, 0) is 44.5 Å². The number of nitrogens with one attached hydrogen (secondary N) is 1. The van der Waals surface area contributed by atoms with Crippen LogP contribution in [0.3, 0.4) is 0 Å². The van der Waals surface area contributed by atoms with E-state index in [-0.39, 0.29) is 11.7 Å². The minimum atomic E-state index is -0.0813. The Morgan fingerprint density at radius 2 is 1.77 bits per heavy atom. The van der Waals surface area contributed by atoms with Crippen LogP contribution in [0.15, 0.2) is 41.6 Å². The number of ether oxygens (including phenoxy) is 2. The summed E-state index contributed by atoms with van der Waals surface area (Å²) < 4.78 is 12.7. The maximum atomic E-state index is 12.4. The van der Waals surface area contributed by atoms with Crippen molar-refractivity contribution in [3.8, 4) is 22.9 Å². The second-order valence-electron chi connectivity index (χ2n) is 6.81. The number of amides is 1. The summed E-state index contributed by atoms with van der Waals surface area (Å²) in [6, 6.07) is 11.5. The molecule has 1 heterocycles. The Morgan fingerprint density at radius 3 is 2.37 bits per heavy atom. The smallest absolute Gasteiger partial charge is 0.234 e. The molecule has 1 N–H and O–H groups in total. The summed E-state index contributed by atoms with van der Waals surface area (Å²) >= 11 is 1.36. The van der Waals surface area contributed by atoms with Gasteiger partial charge in [-0.1, -0.05) is 29.5 Å². The Kier molecular flexibility index (Phi) is 6.99. The van der Waals surface area contributed by atoms with Crippen LogP contribution in [-0.4, -0.2) is 40.6 Å². The van der Waals surface area contributed by atoms with E-state index in [2.05, 4.69) is 15.5 Å². The van der Waals surface area contributed by atoms with E-state index in [0.717, 1.165) is 22.4 Å². The molecule has 0 bridgehead atoms. The molecule has 1 aromatic heterocycles. The molecule has 0 radical (unpaired) electrons. The highest BCUT2D eigenvalue weighted by Crippen LogP contribution is 2.31. The fraction of sp³-hybridized carbons (Fsp3) is 0.318. The van der Waals surface area contributed by atoms with Crippen LogP contribution < -0.4 is 14.8 Å². The van der Waals surface area contributed by atoms with Gasteiger partial charge in [0.1, 0.15) is 11.5 Å². The van der Waals surface area contributed by atoms with Gasteiger partial charge in [-0.2, -0.15) is 0 Å². The highest BCUT2D eigenvalue weighted by molar-refractivity contribution is 7.99. The third-order valence-corrected chi connectivity index (χ3v) is 5.60. The molecule has 0 unspecified atom stereocenters. The van der Waals surface area contributed by atoms with E-state index in [1.807, 2.05) is 61.7 Å². The minimum Gasteiger partial charge on any atom is -0.497 e. The third kappa shape index (κ3) is 4.94. The van der Waals surface area contributed by atoms with E-state index in [4.69, 9.17) is 9.47 Å². The number of carbonyl (C=O) groups is 1. The lowest BCUT2D eigenvalue weighted by Crippen LogP contribution is -2.15. The van der Waals surface area contributed by atoms with Gasteiger partial charge in [0.05, 0.1) is 20.0 Å². The van der Waals surface area contributed by atoms with Gasteiger partial charge < -0.3 is 19.4 Å². The molecule has 0 spiro atoms. The first-order chi connectivity index (χ1) is 14.4. The summed E-state index contributed by atoms with van der Waals surface area (Å²) in [5.74, 6) is 2.22. The van der Waals surface area contributed by atoms with Gasteiger partial charge in [-0.15, -0.1) is 10.2 Å². The number of anilines is 1. The molecule has 7 nitrogen and oxygen atoms in total. The zero-order valence-corrected chi connectivity index (χ0v) is 18.7. The van der Waals surface area contributed by atoms with Gasteiger partial charge in [-0.3, -0.25) is 4.79 Å². The summed E-state index contributed by atoms with van der Waals surface area (Å²) in [4.78, 5) is 12.4. The fourth-order valence-corrected chi connectivity index (χ4v) is 3.90. The fourth-order valence-electron chi connectivity index (χ4n) is 3.10. The molecule has 1 amide bonds. The lowest BCUT2D eigenvalue weighted by molar-refractivity contribution is -0.113. The van der Waals surface area contributed by atoms with Crippen molar-refractivity contribution in [1.29, 1.82) is 0 Å². The lowest BCUT2D eigenvalue weighted by Gasteiger charge is -2.11. The van der Waals surface area contributed by atoms with E-state index >= 15 is 0 Å². The summed E-state index contributed by atoms with van der Waals surface area (Å²) in [6.45, 7) is 6.70. The number of thioether (sulfide) groups is 1. The number of carbonyl (C=O) groups excluding carboxylic acids is 1. The van der Waals surface area contributed by atoms with Crippen molar-refractivity contribution >= 4 is 23.4 Å². The maximum Gasteiger partial charge on any atom is 0.234 e. The molecule has 3 aromatic rings. The minimum absolute atomic E-state index is 0.0813. The quantitative estimate of drug-likeness (QED) is 0.540. The number of aryl methyl sites for hydroxylation is 2. The van der Waals surface area contributed by atoms with Crippen molar-refractivity contribution < 1.29 is 14.3 Å². The SMILES string of the molecule is CCn1c(SCC(=O)Nc2ccc(C)cc2C)nnc1-c1cc(OC)cc(OC)c1. The zero-order chi connectivity index (χ0) is 21.7. The van der Waals surface area contributed by atoms with Gasteiger partial charge >= 0.3 is 0 Å². The average molecular weight is 427 g/mol. The Labute approximate surface area is 180 Å². The van der Waals surface area contributed by atoms with Crippen LogP contribution in [0.25, 0.3) is 11.4 Å². The summed E-state index contributed by atoms with van der Waals surface area (Å²) in [5.41, 5.74) is 3.87. The molecular weight excluding hydrogens is 400 g/mol. The van der Waals surface area contributed by atoms with Crippen LogP contribution in [0.2, 0.25) is 0 Å². The molecule has 0 aliphatic heterocycles. The number of methoxy groups -OCH3 is 2. The van der Waals surface area contributed by atoms with E-state index in [1.165, 1.54) is 11.8 Å². The highest BCUT2D eigenvalue weighted by Gasteiger charge is 2.16. The lowest BCUT2D eigenvalue weighted by atomic mass is 10.1. The first-order valence-electron chi connectivity index (χ1n) is 9.61. The Morgan fingerprint density at radius 1 is 1.07 bits per heavy atom. The van der Waals surface area contributed by atoms with Crippen LogP contribution in [0.5, 0.6) is 11.5 Å². The number of benzene rings is 2. The topological polar surface area (TPSA) is 78.3 Å². The van der Waals surface area contributed by atoms with Crippen molar-refractivity contribution in [2.45, 2.75) is 32.5 Å². The van der Waals surface area contributed by atoms with Gasteiger partial charge in [0.2, 0.25) is 5.91 Å². The number of rotatable bonds is 8. The predicted molar refractivity (Wildman–Crippen MR) is 120 cm³/mol. The van der Waals surface area contributed by atoms with E-state index in [0.29, 0.717) is 29.0 Å². The van der Waals surface area contributed by atoms with E-state index in [1.54, 1.807) is 14.2 Å². The molecule has 3 rings (SSSR count). The highest BCUT2D eigenvalue weighted by atomic mass is 32.2. The van der Waals surface area contributed by atoms with Crippen molar-refractivity contribution in [2.75, 3.05) is 25.3 Å². The van der Waals surface area contributed by atoms with Gasteiger partial charge in [0.25, 0.3) is 0 Å². The van der Waals surface area contributed by atoms with Crippen molar-refractivity contribution in [3.05, 3.63) is 47.5 Å². The van der Waals surface area contributed by atoms with Crippen molar-refractivity contribution in [2.24, 2.45) is 0 Å². The molecule has 2 aromatic carbocycles. The Balaban J connectivity index is 1.75. The molecular formula is C22H26N4O3S. The molecule has 30 heavy (non-hydrogen) atoms. The number of hydrogen-bond acceptors (Lipinski definition) is 6. The zero-order valence-electron chi connectivity index (χ0n) is 17.9. The van der Waals surface area contributed by atoms with Crippen LogP contribution in [0, 0.1) is 13.8 Å². The molecule has 0 atom stereocenters. The molecule has 0 saturated carbocycles. The van der Waals surface area contributed by atoms with Crippen LogP contribution in [-0.2, 0) is 11.3 Å². The second-order valence-corrected chi connectivity index (χ2v) is 7.75. The Hall–Kier alpha value is -3.00. The third-order valence-electron chi connectivity index (χ3n) is 4.63. The summed E-state index contributed by atoms with van der Waals surface area (Å²) in [7, 11) is 3.22. The van der Waals surface area contributed by atoms with Gasteiger partial charge in [0, 0.05) is 23.9 Å². The van der Waals surface area contributed by atoms with E-state index < -0.39 is 0 Å². The number of hydrogen-bond donors (Lipinski definition) is 1. The molecule has 0 fully saturated rings. The maximum absolute atomic E-state index is 12.4. The standard InChI is InChI=1S/C22H26N4O3S/c1-6-26-21(16-10-17(28-4)12-18(11-16)29-5)24-25-22(26)30-13-20(27)23-19-8-7-14(2)9-15(19)3/h7-12H,6,13H2,1-5H3,(H,23,27). The van der Waals surface area contributed by atoms with Crippen LogP contribution in [0.1, 0.15) is 18.1 Å². The Bertz CT molecular complexity index is 1030. The summed E-state index contributed by atoms with van der Waals surface area (Å²) in [6.07, 6.45) is 0. The van der Waals surface area contributed by atoms with E-state index in [9.17, 15) is 4.79 Å². The second kappa shape index (κ2) is 9.67. The molecule has 0 aliphatic rings. The average Bonchev–Trinajstić information content (AvgIpc) is 3.16. The van der Waals surface area contributed by atoms with Crippen molar-refractivity contribution in [1.82, 2.24) is 14.8 Å². The molecule has 8 heteroatoms. The molecule has 0 saturated heterocycles. The van der Waals surface area contributed by atoms with Gasteiger partial charge in [-0.25, -0.2) is 0 Å². The molecule has 158 valence electrons. The van der Waals surface area contributed by atoms with Gasteiger partial charge in [0.15, 0.2) is 11.0 Å². The first kappa shape index (κ1) is 21.7. The van der Waals surface area contributed by atoms with Crippen LogP contribution >= 0.6 is 11.8 Å². The van der Waals surface area contributed by atoms with Crippen molar-refractivity contribution in [3.63, 3.8) is 0 Å². The monoisotopic (exact) mass is 426 g/mol. The largest absolute Gasteiger partial charge is 0.497 e. The van der Waals surface area contributed by atoms with Crippen LogP contribution in [0.4, 0.5) is 5.69 Å².